The van der Waals surface area contributed by atoms with Crippen molar-refractivity contribution in [3.8, 4) is 22.6 Å². The van der Waals surface area contributed by atoms with E-state index < -0.39 is 21.6 Å². The standard InChI is InChI=1S/C33H28F3NO3S/c1-22(2)21-41(38,39)28-14-7-13-27(19-28)40-26-12-6-11-24(18-26)31-25(17-23-9-4-3-5-10-23)20-37-32-29(31)15-8-16-30(32)33(34,35)36/h3-16,18-20,22H,17,21H2,1-2H3. The minimum absolute atomic E-state index is 0.0190. The van der Waals surface area contributed by atoms with Gasteiger partial charge in [-0.15, -0.1) is 0 Å². The van der Waals surface area contributed by atoms with Crippen molar-refractivity contribution in [2.45, 2.75) is 31.3 Å². The number of sulfone groups is 1. The molecule has 0 aliphatic carbocycles. The van der Waals surface area contributed by atoms with Gasteiger partial charge in [0.05, 0.1) is 21.7 Å². The molecule has 5 rings (SSSR count). The maximum absolute atomic E-state index is 13.9. The van der Waals surface area contributed by atoms with Gasteiger partial charge in [-0.1, -0.05) is 74.5 Å². The van der Waals surface area contributed by atoms with E-state index in [9.17, 15) is 21.6 Å². The predicted molar refractivity (Wildman–Crippen MR) is 155 cm³/mol. The van der Waals surface area contributed by atoms with E-state index in [0.717, 1.165) is 17.2 Å². The molecule has 0 saturated carbocycles. The lowest BCUT2D eigenvalue weighted by molar-refractivity contribution is -0.136. The highest BCUT2D eigenvalue weighted by atomic mass is 32.2. The zero-order chi connectivity index (χ0) is 29.2. The first-order valence-electron chi connectivity index (χ1n) is 13.1. The van der Waals surface area contributed by atoms with E-state index in [1.54, 1.807) is 36.4 Å². The molecule has 0 unspecified atom stereocenters. The third-order valence-corrected chi connectivity index (χ3v) is 8.67. The number of alkyl halides is 3. The van der Waals surface area contributed by atoms with Gasteiger partial charge in [0, 0.05) is 11.6 Å². The van der Waals surface area contributed by atoms with Crippen LogP contribution in [0.4, 0.5) is 13.2 Å². The fourth-order valence-corrected chi connectivity index (χ4v) is 6.55. The Morgan fingerprint density at radius 3 is 2.22 bits per heavy atom. The molecule has 4 aromatic carbocycles. The molecule has 41 heavy (non-hydrogen) atoms. The molecule has 0 bridgehead atoms. The topological polar surface area (TPSA) is 56.3 Å². The van der Waals surface area contributed by atoms with E-state index in [2.05, 4.69) is 4.98 Å². The minimum atomic E-state index is -4.56. The van der Waals surface area contributed by atoms with Crippen LogP contribution in [-0.2, 0) is 22.4 Å². The van der Waals surface area contributed by atoms with Gasteiger partial charge in [0.2, 0.25) is 0 Å². The molecule has 4 nitrogen and oxygen atoms in total. The van der Waals surface area contributed by atoms with Crippen LogP contribution < -0.4 is 4.74 Å². The van der Waals surface area contributed by atoms with Crippen LogP contribution in [0.3, 0.4) is 0 Å². The average molecular weight is 576 g/mol. The molecule has 0 radical (unpaired) electrons. The highest BCUT2D eigenvalue weighted by Gasteiger charge is 2.33. The number of rotatable bonds is 8. The van der Waals surface area contributed by atoms with E-state index in [4.69, 9.17) is 4.74 Å². The molecule has 0 atom stereocenters. The molecule has 5 aromatic rings. The highest BCUT2D eigenvalue weighted by molar-refractivity contribution is 7.91. The Morgan fingerprint density at radius 1 is 0.829 bits per heavy atom. The van der Waals surface area contributed by atoms with Crippen LogP contribution >= 0.6 is 0 Å². The SMILES string of the molecule is CC(C)CS(=O)(=O)c1cccc(Oc2cccc(-c3c(Cc4ccccc4)cnc4c(C(F)(F)F)cccc34)c2)c1. The van der Waals surface area contributed by atoms with Crippen molar-refractivity contribution in [3.63, 3.8) is 0 Å². The number of halogens is 3. The quantitative estimate of drug-likeness (QED) is 0.186. The van der Waals surface area contributed by atoms with Crippen molar-refractivity contribution in [2.24, 2.45) is 5.92 Å². The van der Waals surface area contributed by atoms with Crippen molar-refractivity contribution in [3.05, 3.63) is 120 Å². The fourth-order valence-electron chi connectivity index (χ4n) is 4.90. The van der Waals surface area contributed by atoms with Crippen molar-refractivity contribution < 1.29 is 26.3 Å². The summed E-state index contributed by atoms with van der Waals surface area (Å²) in [5.41, 5.74) is 2.12. The fraction of sp³-hybridized carbons (Fsp3) is 0.182. The summed E-state index contributed by atoms with van der Waals surface area (Å²) in [4.78, 5) is 4.44. The molecule has 0 aliphatic heterocycles. The number of nitrogens with zero attached hydrogens (tertiary/aromatic N) is 1. The van der Waals surface area contributed by atoms with Gasteiger partial charge in [0.15, 0.2) is 9.84 Å². The van der Waals surface area contributed by atoms with Gasteiger partial charge in [0.25, 0.3) is 0 Å². The smallest absolute Gasteiger partial charge is 0.418 e. The van der Waals surface area contributed by atoms with Gasteiger partial charge >= 0.3 is 6.18 Å². The molecule has 0 aliphatic rings. The van der Waals surface area contributed by atoms with Crippen molar-refractivity contribution in [2.75, 3.05) is 5.75 Å². The molecule has 0 saturated heterocycles. The number of para-hydroxylation sites is 1. The lowest BCUT2D eigenvalue weighted by Gasteiger charge is -2.17. The van der Waals surface area contributed by atoms with Crippen LogP contribution in [0.2, 0.25) is 0 Å². The van der Waals surface area contributed by atoms with E-state index in [0.29, 0.717) is 34.4 Å². The summed E-state index contributed by atoms with van der Waals surface area (Å²) in [5.74, 6) is 0.754. The van der Waals surface area contributed by atoms with Gasteiger partial charge in [-0.05, 0) is 71.0 Å². The van der Waals surface area contributed by atoms with E-state index >= 15 is 0 Å². The molecular weight excluding hydrogens is 547 g/mol. The average Bonchev–Trinajstić information content (AvgIpc) is 2.92. The van der Waals surface area contributed by atoms with Gasteiger partial charge in [-0.25, -0.2) is 8.42 Å². The molecule has 0 fully saturated rings. The summed E-state index contributed by atoms with van der Waals surface area (Å²) in [5, 5.41) is 0.382. The first-order valence-corrected chi connectivity index (χ1v) is 14.8. The van der Waals surface area contributed by atoms with Crippen molar-refractivity contribution in [1.82, 2.24) is 4.98 Å². The summed E-state index contributed by atoms with van der Waals surface area (Å²) in [6, 6.07) is 27.1. The number of hydrogen-bond acceptors (Lipinski definition) is 4. The number of hydrogen-bond donors (Lipinski definition) is 0. The van der Waals surface area contributed by atoms with Crippen molar-refractivity contribution in [1.29, 1.82) is 0 Å². The van der Waals surface area contributed by atoms with Crippen LogP contribution in [0, 0.1) is 5.92 Å². The predicted octanol–water partition coefficient (Wildman–Crippen LogP) is 8.73. The van der Waals surface area contributed by atoms with Crippen LogP contribution in [-0.4, -0.2) is 19.2 Å². The molecule has 0 N–H and O–H groups in total. The number of pyridine rings is 1. The molecule has 0 spiro atoms. The second-order valence-corrected chi connectivity index (χ2v) is 12.3. The lowest BCUT2D eigenvalue weighted by atomic mass is 9.92. The molecule has 1 heterocycles. The molecule has 1 aromatic heterocycles. The summed E-state index contributed by atoms with van der Waals surface area (Å²) in [6.07, 6.45) is -2.58. The Morgan fingerprint density at radius 2 is 1.51 bits per heavy atom. The second-order valence-electron chi connectivity index (χ2n) is 10.3. The second kappa shape index (κ2) is 11.4. The largest absolute Gasteiger partial charge is 0.457 e. The zero-order valence-electron chi connectivity index (χ0n) is 22.5. The van der Waals surface area contributed by atoms with E-state index in [-0.39, 0.29) is 22.1 Å². The molecule has 0 amide bonds. The van der Waals surface area contributed by atoms with Gasteiger partial charge < -0.3 is 4.74 Å². The van der Waals surface area contributed by atoms with Gasteiger partial charge in [-0.3, -0.25) is 4.98 Å². The molecular formula is C33H28F3NO3S. The maximum Gasteiger partial charge on any atom is 0.418 e. The monoisotopic (exact) mass is 575 g/mol. The van der Waals surface area contributed by atoms with Gasteiger partial charge in [0.1, 0.15) is 11.5 Å². The third kappa shape index (κ3) is 6.43. The molecule has 210 valence electrons. The zero-order valence-corrected chi connectivity index (χ0v) is 23.3. The number of fused-ring (bicyclic) bond motifs is 1. The summed E-state index contributed by atoms with van der Waals surface area (Å²) < 4.78 is 73.2. The van der Waals surface area contributed by atoms with E-state index in [1.165, 1.54) is 24.4 Å². The van der Waals surface area contributed by atoms with Gasteiger partial charge in [-0.2, -0.15) is 13.2 Å². The van der Waals surface area contributed by atoms with Crippen LogP contribution in [0.5, 0.6) is 11.5 Å². The Hall–Kier alpha value is -4.17. The number of benzene rings is 4. The third-order valence-electron chi connectivity index (χ3n) is 6.59. The summed E-state index contributed by atoms with van der Waals surface area (Å²) >= 11 is 0. The van der Waals surface area contributed by atoms with Crippen LogP contribution in [0.1, 0.15) is 30.5 Å². The lowest BCUT2D eigenvalue weighted by Crippen LogP contribution is -2.11. The Kier molecular flexibility index (Phi) is 7.87. The number of aromatic nitrogens is 1. The minimum Gasteiger partial charge on any atom is -0.457 e. The first-order chi connectivity index (χ1) is 19.5. The Labute approximate surface area is 237 Å². The summed E-state index contributed by atoms with van der Waals surface area (Å²) in [6.45, 7) is 3.69. The maximum atomic E-state index is 13.9. The first kappa shape index (κ1) is 28.4. The Bertz CT molecular complexity index is 1800. The van der Waals surface area contributed by atoms with Crippen LogP contribution in [0.15, 0.2) is 108 Å². The summed E-state index contributed by atoms with van der Waals surface area (Å²) in [7, 11) is -3.48. The molecule has 8 heteroatoms. The Balaban J connectivity index is 1.60. The normalized spacial score (nSPS) is 12.1. The highest BCUT2D eigenvalue weighted by Crippen LogP contribution is 2.40. The van der Waals surface area contributed by atoms with E-state index in [1.807, 2.05) is 50.2 Å². The van der Waals surface area contributed by atoms with Crippen molar-refractivity contribution >= 4 is 20.7 Å². The number of ether oxygens (including phenoxy) is 1. The van der Waals surface area contributed by atoms with Crippen LogP contribution in [0.25, 0.3) is 22.0 Å².